The summed E-state index contributed by atoms with van der Waals surface area (Å²) in [5, 5.41) is 14.2. The maximum atomic E-state index is 14.0. The molecule has 0 unspecified atom stereocenters. The van der Waals surface area contributed by atoms with Crippen LogP contribution in [0.3, 0.4) is 0 Å². The van der Waals surface area contributed by atoms with E-state index in [9.17, 15) is 18.4 Å². The molecule has 1 saturated carbocycles. The maximum absolute atomic E-state index is 14.0. The number of nitrogens with one attached hydrogen (secondary N) is 2. The summed E-state index contributed by atoms with van der Waals surface area (Å²) in [5.41, 5.74) is 1.79. The van der Waals surface area contributed by atoms with Crippen molar-refractivity contribution in [2.75, 3.05) is 13.1 Å². The molecule has 38 heavy (non-hydrogen) atoms. The van der Waals surface area contributed by atoms with Gasteiger partial charge in [0.15, 0.2) is 5.82 Å². The largest absolute Gasteiger partial charge is 0.342 e. The van der Waals surface area contributed by atoms with E-state index < -0.39 is 12.0 Å². The lowest BCUT2D eigenvalue weighted by Crippen LogP contribution is -2.38. The lowest BCUT2D eigenvalue weighted by molar-refractivity contribution is -0.0495. The summed E-state index contributed by atoms with van der Waals surface area (Å²) >= 11 is 0. The van der Waals surface area contributed by atoms with Gasteiger partial charge in [-0.25, -0.2) is 23.2 Å². The minimum Gasteiger partial charge on any atom is -0.342 e. The molecule has 0 bridgehead atoms. The van der Waals surface area contributed by atoms with Crippen molar-refractivity contribution in [3.05, 3.63) is 41.2 Å². The zero-order valence-electron chi connectivity index (χ0n) is 22.3. The van der Waals surface area contributed by atoms with E-state index in [1.54, 1.807) is 28.0 Å². The van der Waals surface area contributed by atoms with Crippen LogP contribution < -0.4 is 10.6 Å². The van der Waals surface area contributed by atoms with Crippen molar-refractivity contribution in [2.45, 2.75) is 77.4 Å². The second-order valence-electron chi connectivity index (χ2n) is 10.6. The topological polar surface area (TPSA) is 109 Å². The number of alkyl halides is 2. The van der Waals surface area contributed by atoms with E-state index in [1.807, 2.05) is 33.8 Å². The van der Waals surface area contributed by atoms with Gasteiger partial charge in [-0.3, -0.25) is 9.48 Å². The number of hydrogen-bond donors (Lipinski definition) is 2. The van der Waals surface area contributed by atoms with Crippen LogP contribution in [0.1, 0.15) is 87.5 Å². The van der Waals surface area contributed by atoms with Gasteiger partial charge < -0.3 is 15.5 Å². The fourth-order valence-corrected chi connectivity index (χ4v) is 5.18. The van der Waals surface area contributed by atoms with Gasteiger partial charge in [0, 0.05) is 50.9 Å². The molecule has 0 radical (unpaired) electrons. The number of carbonyl (C=O) groups is 2. The van der Waals surface area contributed by atoms with Crippen molar-refractivity contribution < 1.29 is 18.4 Å². The second-order valence-corrected chi connectivity index (χ2v) is 10.6. The number of carbonyl (C=O) groups excluding carboxylic acids is 2. The minimum absolute atomic E-state index is 0.0258. The number of urea groups is 1. The van der Waals surface area contributed by atoms with E-state index >= 15 is 0 Å². The number of imidazole rings is 1. The fraction of sp³-hybridized carbons (Fsp3) is 0.577. The van der Waals surface area contributed by atoms with Crippen molar-refractivity contribution in [2.24, 2.45) is 11.0 Å². The monoisotopic (exact) mass is 530 g/mol. The van der Waals surface area contributed by atoms with Crippen LogP contribution in [0.25, 0.3) is 6.08 Å². The Morgan fingerprint density at radius 1 is 1.37 bits per heavy atom. The summed E-state index contributed by atoms with van der Waals surface area (Å²) in [4.78, 5) is 31.9. The van der Waals surface area contributed by atoms with E-state index in [2.05, 4.69) is 27.6 Å². The third kappa shape index (κ3) is 6.11. The summed E-state index contributed by atoms with van der Waals surface area (Å²) in [7, 11) is 0. The number of amides is 3. The zero-order valence-corrected chi connectivity index (χ0v) is 22.3. The molecule has 206 valence electrons. The number of aromatic nitrogens is 4. The van der Waals surface area contributed by atoms with Gasteiger partial charge in [-0.2, -0.15) is 10.2 Å². The molecule has 2 fully saturated rings. The van der Waals surface area contributed by atoms with Crippen molar-refractivity contribution in [3.63, 3.8) is 0 Å². The van der Waals surface area contributed by atoms with Gasteiger partial charge in [-0.15, -0.1) is 0 Å². The molecule has 12 heteroatoms. The lowest BCUT2D eigenvalue weighted by atomic mass is 9.81. The first-order valence-electron chi connectivity index (χ1n) is 13.0. The molecule has 1 aliphatic heterocycles. The van der Waals surface area contributed by atoms with Gasteiger partial charge in [-0.1, -0.05) is 5.57 Å². The normalized spacial score (nSPS) is 21.0. The highest BCUT2D eigenvalue weighted by atomic mass is 19.3. The van der Waals surface area contributed by atoms with Crippen LogP contribution in [-0.4, -0.2) is 68.1 Å². The van der Waals surface area contributed by atoms with Crippen LogP contribution in [0.2, 0.25) is 0 Å². The zero-order chi connectivity index (χ0) is 27.6. The molecule has 2 aromatic heterocycles. The highest BCUT2D eigenvalue weighted by molar-refractivity contribution is 5.92. The molecule has 3 amide bonds. The summed E-state index contributed by atoms with van der Waals surface area (Å²) in [5.74, 6) is -2.79. The molecule has 3 heterocycles. The number of nitrogens with zero attached hydrogens (tertiary/aromatic N) is 6. The molecule has 2 N–H and O–H groups in total. The van der Waals surface area contributed by atoms with Crippen molar-refractivity contribution in [1.29, 1.82) is 0 Å². The van der Waals surface area contributed by atoms with Crippen LogP contribution in [0.4, 0.5) is 13.6 Å². The standard InChI is InChI=1S/C26H36F2N8O2/c1-16(2)36-21(8-11-30-36)24(37)33-23(19-6-9-26(27,28)10-7-19)20-15-35(29-5)22(32-20)12-17(3)13-34-14-18(4)31-25(34)38/h8,11-12,15-16,18-19,23H,5-7,9-10,13-14H2,1-4H3,(H,31,38)(H,33,37)/b17-12+/t18-,23-/m0/s1. The SMILES string of the molecule is C=Nn1cc([C@@H](NC(=O)c2ccnn2C(C)C)C2CCC(F)(F)CC2)nc1/C=C(\C)CN1C[C@H](C)NC1=O. The smallest absolute Gasteiger partial charge is 0.318 e. The fourth-order valence-electron chi connectivity index (χ4n) is 5.18. The van der Waals surface area contributed by atoms with Crippen LogP contribution in [0.15, 0.2) is 29.1 Å². The predicted molar refractivity (Wildman–Crippen MR) is 140 cm³/mol. The third-order valence-electron chi connectivity index (χ3n) is 7.08. The molecule has 2 aromatic rings. The Hall–Kier alpha value is -3.57. The lowest BCUT2D eigenvalue weighted by Gasteiger charge is -2.33. The van der Waals surface area contributed by atoms with Crippen LogP contribution in [0, 0.1) is 5.92 Å². The molecule has 1 aliphatic carbocycles. The molecule has 2 atom stereocenters. The Balaban J connectivity index is 1.61. The summed E-state index contributed by atoms with van der Waals surface area (Å²) in [6, 6.07) is 0.974. The van der Waals surface area contributed by atoms with E-state index in [0.717, 1.165) is 5.57 Å². The molecule has 0 spiro atoms. The van der Waals surface area contributed by atoms with Crippen molar-refractivity contribution >= 4 is 24.7 Å². The first-order chi connectivity index (χ1) is 18.0. The van der Waals surface area contributed by atoms with Crippen molar-refractivity contribution in [3.8, 4) is 0 Å². The molecular weight excluding hydrogens is 494 g/mol. The minimum atomic E-state index is -2.70. The highest BCUT2D eigenvalue weighted by Gasteiger charge is 2.39. The quantitative estimate of drug-likeness (QED) is 0.473. The van der Waals surface area contributed by atoms with E-state index in [-0.39, 0.29) is 55.6 Å². The number of hydrogen-bond acceptors (Lipinski definition) is 5. The van der Waals surface area contributed by atoms with Crippen molar-refractivity contribution in [1.82, 2.24) is 35.0 Å². The number of halogens is 2. The van der Waals surface area contributed by atoms with Gasteiger partial charge in [0.1, 0.15) is 5.69 Å². The maximum Gasteiger partial charge on any atom is 0.318 e. The van der Waals surface area contributed by atoms with Gasteiger partial charge in [0.25, 0.3) is 5.91 Å². The Morgan fingerprint density at radius 3 is 2.68 bits per heavy atom. The predicted octanol–water partition coefficient (Wildman–Crippen LogP) is 4.24. The van der Waals surface area contributed by atoms with Gasteiger partial charge in [0.2, 0.25) is 5.92 Å². The Labute approximate surface area is 221 Å². The molecule has 4 rings (SSSR count). The van der Waals surface area contributed by atoms with Crippen LogP contribution in [-0.2, 0) is 0 Å². The van der Waals surface area contributed by atoms with E-state index in [0.29, 0.717) is 30.3 Å². The van der Waals surface area contributed by atoms with Crippen LogP contribution in [0.5, 0.6) is 0 Å². The summed E-state index contributed by atoms with van der Waals surface area (Å²) in [6.45, 7) is 12.4. The number of rotatable bonds is 9. The van der Waals surface area contributed by atoms with Gasteiger partial charge in [-0.05, 0) is 58.6 Å². The average molecular weight is 531 g/mol. The first kappa shape index (κ1) is 27.5. The Morgan fingerprint density at radius 2 is 2.08 bits per heavy atom. The average Bonchev–Trinajstić information content (AvgIpc) is 3.56. The molecule has 1 saturated heterocycles. The molecule has 10 nitrogen and oxygen atoms in total. The third-order valence-corrected chi connectivity index (χ3v) is 7.08. The van der Waals surface area contributed by atoms with Crippen LogP contribution >= 0.6 is 0 Å². The highest BCUT2D eigenvalue weighted by Crippen LogP contribution is 2.41. The Kier molecular flexibility index (Phi) is 7.98. The molecular formula is C26H36F2N8O2. The summed E-state index contributed by atoms with van der Waals surface area (Å²) < 4.78 is 31.1. The molecule has 0 aromatic carbocycles. The van der Waals surface area contributed by atoms with E-state index in [4.69, 9.17) is 4.98 Å². The second kappa shape index (κ2) is 11.0. The Bertz CT molecular complexity index is 1210. The van der Waals surface area contributed by atoms with E-state index in [1.165, 1.54) is 4.68 Å². The molecule has 2 aliphatic rings. The summed E-state index contributed by atoms with van der Waals surface area (Å²) in [6.07, 6.45) is 5.08. The first-order valence-corrected chi connectivity index (χ1v) is 13.0. The van der Waals surface area contributed by atoms with Gasteiger partial charge in [0.05, 0.1) is 17.9 Å². The van der Waals surface area contributed by atoms with Gasteiger partial charge >= 0.3 is 6.03 Å².